The second-order valence-electron chi connectivity index (χ2n) is 4.48. The van der Waals surface area contributed by atoms with Crippen LogP contribution in [-0.2, 0) is 6.54 Å². The normalized spacial score (nSPS) is 10.0. The number of ether oxygens (including phenoxy) is 1. The van der Waals surface area contributed by atoms with Crippen molar-refractivity contribution in [2.24, 2.45) is 0 Å². The summed E-state index contributed by atoms with van der Waals surface area (Å²) < 4.78 is 18.4. The average molecular weight is 288 g/mol. The lowest BCUT2D eigenvalue weighted by Crippen LogP contribution is -2.17. The van der Waals surface area contributed by atoms with Gasteiger partial charge in [0, 0.05) is 24.8 Å². The SMILES string of the molecule is CNC(=O)c1ccc(NCc2ccc(OC)c(F)c2)cc1. The third-order valence-corrected chi connectivity index (χ3v) is 3.09. The van der Waals surface area contributed by atoms with Crippen molar-refractivity contribution in [3.05, 3.63) is 59.4 Å². The van der Waals surface area contributed by atoms with Crippen LogP contribution in [0, 0.1) is 5.82 Å². The van der Waals surface area contributed by atoms with E-state index in [9.17, 15) is 9.18 Å². The van der Waals surface area contributed by atoms with Gasteiger partial charge in [-0.25, -0.2) is 4.39 Å². The Hall–Kier alpha value is -2.56. The Balaban J connectivity index is 1.99. The highest BCUT2D eigenvalue weighted by atomic mass is 19.1. The van der Waals surface area contributed by atoms with Crippen molar-refractivity contribution in [1.82, 2.24) is 5.32 Å². The molecule has 110 valence electrons. The van der Waals surface area contributed by atoms with Crippen LogP contribution in [-0.4, -0.2) is 20.1 Å². The van der Waals surface area contributed by atoms with Crippen LogP contribution >= 0.6 is 0 Å². The van der Waals surface area contributed by atoms with Gasteiger partial charge >= 0.3 is 0 Å². The number of anilines is 1. The van der Waals surface area contributed by atoms with Crippen LogP contribution in [0.5, 0.6) is 5.75 Å². The molecule has 0 bridgehead atoms. The Morgan fingerprint density at radius 1 is 1.19 bits per heavy atom. The zero-order chi connectivity index (χ0) is 15.2. The molecular weight excluding hydrogens is 271 g/mol. The number of nitrogens with one attached hydrogen (secondary N) is 2. The van der Waals surface area contributed by atoms with Gasteiger partial charge in [0.05, 0.1) is 7.11 Å². The molecule has 4 nitrogen and oxygen atoms in total. The maximum absolute atomic E-state index is 13.6. The van der Waals surface area contributed by atoms with E-state index in [1.54, 1.807) is 31.3 Å². The molecule has 1 amide bonds. The molecule has 2 N–H and O–H groups in total. The summed E-state index contributed by atoms with van der Waals surface area (Å²) in [4.78, 5) is 11.4. The Morgan fingerprint density at radius 3 is 2.48 bits per heavy atom. The second kappa shape index (κ2) is 6.74. The molecule has 0 aliphatic rings. The molecule has 0 aliphatic carbocycles. The summed E-state index contributed by atoms with van der Waals surface area (Å²) in [5.41, 5.74) is 2.26. The molecular formula is C16H17FN2O2. The van der Waals surface area contributed by atoms with Gasteiger partial charge in [0.1, 0.15) is 0 Å². The van der Waals surface area contributed by atoms with E-state index >= 15 is 0 Å². The summed E-state index contributed by atoms with van der Waals surface area (Å²) in [6.45, 7) is 0.486. The van der Waals surface area contributed by atoms with Crippen LogP contribution < -0.4 is 15.4 Å². The summed E-state index contributed by atoms with van der Waals surface area (Å²) in [6, 6.07) is 11.9. The molecule has 5 heteroatoms. The highest BCUT2D eigenvalue weighted by Crippen LogP contribution is 2.18. The fourth-order valence-electron chi connectivity index (χ4n) is 1.91. The summed E-state index contributed by atoms with van der Waals surface area (Å²) in [5.74, 6) is -0.278. The molecule has 2 rings (SSSR count). The van der Waals surface area contributed by atoms with E-state index in [4.69, 9.17) is 4.74 Å². The van der Waals surface area contributed by atoms with Gasteiger partial charge in [-0.15, -0.1) is 0 Å². The summed E-state index contributed by atoms with van der Waals surface area (Å²) in [6.07, 6.45) is 0. The molecule has 21 heavy (non-hydrogen) atoms. The lowest BCUT2D eigenvalue weighted by molar-refractivity contribution is 0.0963. The Labute approximate surface area is 122 Å². The van der Waals surface area contributed by atoms with Crippen molar-refractivity contribution in [2.75, 3.05) is 19.5 Å². The van der Waals surface area contributed by atoms with E-state index in [0.717, 1.165) is 11.3 Å². The third kappa shape index (κ3) is 3.72. The fourth-order valence-corrected chi connectivity index (χ4v) is 1.91. The maximum atomic E-state index is 13.6. The molecule has 0 saturated heterocycles. The van der Waals surface area contributed by atoms with Crippen LogP contribution in [0.3, 0.4) is 0 Å². The zero-order valence-electron chi connectivity index (χ0n) is 11.9. The standard InChI is InChI=1S/C16H17FN2O2/c1-18-16(20)12-4-6-13(7-5-12)19-10-11-3-8-15(21-2)14(17)9-11/h3-9,19H,10H2,1-2H3,(H,18,20). The highest BCUT2D eigenvalue weighted by Gasteiger charge is 2.04. The summed E-state index contributed by atoms with van der Waals surface area (Å²) >= 11 is 0. The van der Waals surface area contributed by atoms with E-state index in [1.807, 2.05) is 12.1 Å². The topological polar surface area (TPSA) is 50.4 Å². The van der Waals surface area contributed by atoms with Crippen molar-refractivity contribution in [2.45, 2.75) is 6.54 Å². The average Bonchev–Trinajstić information content (AvgIpc) is 2.52. The van der Waals surface area contributed by atoms with Gasteiger partial charge in [-0.05, 0) is 42.0 Å². The van der Waals surface area contributed by atoms with E-state index in [1.165, 1.54) is 13.2 Å². The largest absolute Gasteiger partial charge is 0.494 e. The zero-order valence-corrected chi connectivity index (χ0v) is 11.9. The number of rotatable bonds is 5. The highest BCUT2D eigenvalue weighted by molar-refractivity contribution is 5.94. The number of benzene rings is 2. The van der Waals surface area contributed by atoms with E-state index < -0.39 is 0 Å². The number of hydrogen-bond donors (Lipinski definition) is 2. The predicted octanol–water partition coefficient (Wildman–Crippen LogP) is 2.81. The number of carbonyl (C=O) groups excluding carboxylic acids is 1. The molecule has 0 heterocycles. The van der Waals surface area contributed by atoms with Crippen LogP contribution in [0.15, 0.2) is 42.5 Å². The minimum atomic E-state index is -0.383. The van der Waals surface area contributed by atoms with Crippen LogP contribution in [0.1, 0.15) is 15.9 Å². The van der Waals surface area contributed by atoms with E-state index in [-0.39, 0.29) is 17.5 Å². The first kappa shape index (κ1) is 14.8. The van der Waals surface area contributed by atoms with Crippen molar-refractivity contribution in [3.8, 4) is 5.75 Å². The molecule has 0 atom stereocenters. The molecule has 2 aromatic rings. The molecule has 0 spiro atoms. The number of hydrogen-bond acceptors (Lipinski definition) is 3. The molecule has 0 unspecified atom stereocenters. The monoisotopic (exact) mass is 288 g/mol. The molecule has 0 radical (unpaired) electrons. The first-order chi connectivity index (χ1) is 10.1. The molecule has 2 aromatic carbocycles. The van der Waals surface area contributed by atoms with Gasteiger partial charge in [-0.2, -0.15) is 0 Å². The summed E-state index contributed by atoms with van der Waals surface area (Å²) in [7, 11) is 3.02. The Bertz CT molecular complexity index is 627. The van der Waals surface area contributed by atoms with Crippen LogP contribution in [0.2, 0.25) is 0 Å². The minimum absolute atomic E-state index is 0.126. The van der Waals surface area contributed by atoms with Gasteiger partial charge in [-0.3, -0.25) is 4.79 Å². The molecule has 0 fully saturated rings. The fraction of sp³-hybridized carbons (Fsp3) is 0.188. The van der Waals surface area contributed by atoms with Crippen molar-refractivity contribution in [3.63, 3.8) is 0 Å². The van der Waals surface area contributed by atoms with Crippen molar-refractivity contribution in [1.29, 1.82) is 0 Å². The third-order valence-electron chi connectivity index (χ3n) is 3.09. The van der Waals surface area contributed by atoms with Crippen molar-refractivity contribution >= 4 is 11.6 Å². The predicted molar refractivity (Wildman–Crippen MR) is 80.1 cm³/mol. The van der Waals surface area contributed by atoms with Crippen LogP contribution in [0.25, 0.3) is 0 Å². The van der Waals surface area contributed by atoms with Gasteiger partial charge in [0.25, 0.3) is 5.91 Å². The van der Waals surface area contributed by atoms with E-state index in [2.05, 4.69) is 10.6 Å². The first-order valence-electron chi connectivity index (χ1n) is 6.52. The minimum Gasteiger partial charge on any atom is -0.494 e. The Kier molecular flexibility index (Phi) is 4.77. The van der Waals surface area contributed by atoms with Gasteiger partial charge in [0.2, 0.25) is 0 Å². The number of amides is 1. The quantitative estimate of drug-likeness (QED) is 0.889. The number of carbonyl (C=O) groups is 1. The van der Waals surface area contributed by atoms with Gasteiger partial charge < -0.3 is 15.4 Å². The molecule has 0 aliphatic heterocycles. The lowest BCUT2D eigenvalue weighted by Gasteiger charge is -2.09. The summed E-state index contributed by atoms with van der Waals surface area (Å²) in [5, 5.41) is 5.73. The lowest BCUT2D eigenvalue weighted by atomic mass is 10.1. The molecule has 0 aromatic heterocycles. The van der Waals surface area contributed by atoms with E-state index in [0.29, 0.717) is 12.1 Å². The maximum Gasteiger partial charge on any atom is 0.251 e. The first-order valence-corrected chi connectivity index (χ1v) is 6.52. The Morgan fingerprint density at radius 2 is 1.90 bits per heavy atom. The van der Waals surface area contributed by atoms with Gasteiger partial charge in [-0.1, -0.05) is 6.07 Å². The van der Waals surface area contributed by atoms with Crippen LogP contribution in [0.4, 0.5) is 10.1 Å². The smallest absolute Gasteiger partial charge is 0.251 e. The molecule has 0 saturated carbocycles. The number of halogens is 1. The van der Waals surface area contributed by atoms with Gasteiger partial charge in [0.15, 0.2) is 11.6 Å². The number of methoxy groups -OCH3 is 1. The van der Waals surface area contributed by atoms with Crippen molar-refractivity contribution < 1.29 is 13.9 Å². The second-order valence-corrected chi connectivity index (χ2v) is 4.48.